The van der Waals surface area contributed by atoms with Crippen LogP contribution in [0.2, 0.25) is 0 Å². The van der Waals surface area contributed by atoms with Crippen LogP contribution >= 0.6 is 0 Å². The lowest BCUT2D eigenvalue weighted by molar-refractivity contribution is -0.128. The van der Waals surface area contributed by atoms with Gasteiger partial charge in [-0.2, -0.15) is 4.31 Å². The number of piperazine rings is 1. The summed E-state index contributed by atoms with van der Waals surface area (Å²) in [5.74, 6) is -5.37. The minimum absolute atomic E-state index is 0.0582. The normalized spacial score (nSPS) is 20.0. The van der Waals surface area contributed by atoms with Crippen molar-refractivity contribution < 1.29 is 35.6 Å². The van der Waals surface area contributed by atoms with E-state index in [0.29, 0.717) is 63.4 Å². The van der Waals surface area contributed by atoms with Crippen molar-refractivity contribution in [3.8, 4) is 0 Å². The third kappa shape index (κ3) is 7.73. The molecule has 1 aliphatic heterocycles. The molecular formula is C34H36F4N4O4S. The molecule has 0 spiro atoms. The zero-order valence-corrected chi connectivity index (χ0v) is 26.4. The second-order valence-electron chi connectivity index (χ2n) is 12.6. The van der Waals surface area contributed by atoms with E-state index in [9.17, 15) is 31.2 Å². The van der Waals surface area contributed by atoms with Gasteiger partial charge < -0.3 is 10.6 Å². The Labute approximate surface area is 271 Å². The van der Waals surface area contributed by atoms with Crippen LogP contribution < -0.4 is 10.6 Å². The van der Waals surface area contributed by atoms with Gasteiger partial charge in [-0.05, 0) is 85.0 Å². The van der Waals surface area contributed by atoms with Gasteiger partial charge in [0.15, 0.2) is 5.78 Å². The van der Waals surface area contributed by atoms with E-state index in [4.69, 9.17) is 0 Å². The van der Waals surface area contributed by atoms with E-state index in [1.165, 1.54) is 22.6 Å². The lowest BCUT2D eigenvalue weighted by atomic mass is 9.81. The Hall–Kier alpha value is -3.68. The molecule has 2 N–H and O–H groups in total. The molecule has 2 saturated carbocycles. The maximum Gasteiger partial charge on any atom is 0.223 e. The number of pyridine rings is 1. The van der Waals surface area contributed by atoms with Crippen LogP contribution in [0, 0.1) is 29.2 Å². The van der Waals surface area contributed by atoms with Gasteiger partial charge in [-0.3, -0.25) is 14.6 Å². The number of nitrogens with zero attached hydrogens (tertiary/aromatic N) is 2. The van der Waals surface area contributed by atoms with E-state index in [-0.39, 0.29) is 40.7 Å². The molecule has 6 rings (SSSR count). The lowest BCUT2D eigenvalue weighted by Gasteiger charge is -2.35. The van der Waals surface area contributed by atoms with Crippen molar-refractivity contribution in [2.75, 3.05) is 19.6 Å². The molecule has 2 aromatic carbocycles. The molecule has 1 saturated heterocycles. The molecule has 1 aromatic heterocycles. The molecule has 2 heterocycles. The van der Waals surface area contributed by atoms with Gasteiger partial charge in [0, 0.05) is 56.2 Å². The number of halogens is 4. The number of Topliss-reactive ketones (excluding diaryl/α,β-unsaturated/α-hetero) is 1. The molecule has 3 atom stereocenters. The Morgan fingerprint density at radius 3 is 2.30 bits per heavy atom. The van der Waals surface area contributed by atoms with E-state index < -0.39 is 63.0 Å². The summed E-state index contributed by atoms with van der Waals surface area (Å²) >= 11 is 0. The first-order valence-corrected chi connectivity index (χ1v) is 17.4. The van der Waals surface area contributed by atoms with E-state index in [2.05, 4.69) is 15.6 Å². The largest absolute Gasteiger partial charge is 0.345 e. The fourth-order valence-corrected chi connectivity index (χ4v) is 8.45. The van der Waals surface area contributed by atoms with Gasteiger partial charge in [0.2, 0.25) is 15.9 Å². The quantitative estimate of drug-likeness (QED) is 0.264. The van der Waals surface area contributed by atoms with Gasteiger partial charge in [0.25, 0.3) is 0 Å². The number of carbonyl (C=O) groups is 2. The van der Waals surface area contributed by atoms with E-state index in [1.54, 1.807) is 0 Å². The van der Waals surface area contributed by atoms with Crippen LogP contribution in [0.4, 0.5) is 17.6 Å². The van der Waals surface area contributed by atoms with Gasteiger partial charge in [-0.1, -0.05) is 12.1 Å². The van der Waals surface area contributed by atoms with Crippen molar-refractivity contribution in [3.05, 3.63) is 100 Å². The summed E-state index contributed by atoms with van der Waals surface area (Å²) in [5, 5.41) is 5.62. The Bertz CT molecular complexity index is 1730. The predicted octanol–water partition coefficient (Wildman–Crippen LogP) is 4.18. The minimum Gasteiger partial charge on any atom is -0.345 e. The molecule has 3 fully saturated rings. The van der Waals surface area contributed by atoms with Crippen LogP contribution in [0.25, 0.3) is 0 Å². The molecule has 250 valence electrons. The van der Waals surface area contributed by atoms with Gasteiger partial charge in [0.1, 0.15) is 23.3 Å². The number of amides is 1. The van der Waals surface area contributed by atoms with Crippen LogP contribution in [-0.4, -0.2) is 66.4 Å². The van der Waals surface area contributed by atoms with Gasteiger partial charge in [0.05, 0.1) is 17.5 Å². The molecule has 3 aliphatic rings. The van der Waals surface area contributed by atoms with Crippen LogP contribution in [0.3, 0.4) is 0 Å². The average molecular weight is 673 g/mol. The molecule has 13 heteroatoms. The van der Waals surface area contributed by atoms with E-state index in [0.717, 1.165) is 30.5 Å². The number of aromatic nitrogens is 1. The number of benzene rings is 2. The zero-order valence-electron chi connectivity index (χ0n) is 25.6. The van der Waals surface area contributed by atoms with Crippen molar-refractivity contribution >= 4 is 21.7 Å². The van der Waals surface area contributed by atoms with Crippen molar-refractivity contribution in [2.24, 2.45) is 5.92 Å². The average Bonchev–Trinajstić information content (AvgIpc) is 3.94. The highest BCUT2D eigenvalue weighted by molar-refractivity contribution is 7.90. The molecular weight excluding hydrogens is 636 g/mol. The summed E-state index contributed by atoms with van der Waals surface area (Å²) in [6.07, 6.45) is 4.95. The molecule has 1 amide bonds. The van der Waals surface area contributed by atoms with Crippen LogP contribution in [-0.2, 0) is 32.5 Å². The van der Waals surface area contributed by atoms with Crippen LogP contribution in [0.15, 0.2) is 54.9 Å². The summed E-state index contributed by atoms with van der Waals surface area (Å²) < 4.78 is 86.0. The first-order valence-electron chi connectivity index (χ1n) is 15.9. The maximum atomic E-state index is 15.4. The highest BCUT2D eigenvalue weighted by Gasteiger charge is 2.43. The molecule has 3 aromatic rings. The summed E-state index contributed by atoms with van der Waals surface area (Å²) in [6.45, 7) is 1.25. The Morgan fingerprint density at radius 1 is 0.936 bits per heavy atom. The van der Waals surface area contributed by atoms with Gasteiger partial charge in [-0.15, -0.1) is 0 Å². The lowest BCUT2D eigenvalue weighted by Crippen LogP contribution is -2.54. The Kier molecular flexibility index (Phi) is 9.77. The topological polar surface area (TPSA) is 108 Å². The van der Waals surface area contributed by atoms with Crippen molar-refractivity contribution in [2.45, 2.75) is 68.2 Å². The monoisotopic (exact) mass is 672 g/mol. The number of sulfonamides is 1. The third-order valence-electron chi connectivity index (χ3n) is 9.15. The van der Waals surface area contributed by atoms with Crippen LogP contribution in [0.1, 0.15) is 60.3 Å². The van der Waals surface area contributed by atoms with Gasteiger partial charge in [-0.25, -0.2) is 26.0 Å². The molecule has 0 radical (unpaired) electrons. The zero-order chi connectivity index (χ0) is 33.3. The van der Waals surface area contributed by atoms with Crippen molar-refractivity contribution in [3.63, 3.8) is 0 Å². The highest BCUT2D eigenvalue weighted by Crippen LogP contribution is 2.35. The first-order chi connectivity index (χ1) is 22.5. The molecule has 8 nitrogen and oxygen atoms in total. The molecule has 2 aliphatic carbocycles. The van der Waals surface area contributed by atoms with E-state index >= 15 is 4.39 Å². The summed E-state index contributed by atoms with van der Waals surface area (Å²) in [6, 6.07) is 6.17. The number of ketones is 1. The fraction of sp³-hybridized carbons (Fsp3) is 0.441. The summed E-state index contributed by atoms with van der Waals surface area (Å²) in [5.41, 5.74) is 0.850. The SMILES string of the molecule is O=C(N[C@H](C(=O)Cc1cncc(F)c1CC[C@H]1CNCCN1S(=O)(=O)C1CC1)[C@@H](c1ccc(F)cc1)c1cc(F)cc(F)c1)C1CC1. The Balaban J connectivity index is 1.30. The standard InChI is InChI=1S/C34H36F4N4O4S/c35-24-5-3-20(4-6-24)32(22-13-25(36)16-26(37)14-22)33(41-34(44)21-1-2-21)31(43)15-23-17-40-19-30(38)29(23)10-7-27-18-39-11-12-42(27)47(45,46)28-8-9-28/h3-6,13-14,16-17,19,21,27-28,32-33,39H,1-2,7-12,15,18H2,(H,41,44)/t27-,32-,33+/m0/s1. The second-order valence-corrected chi connectivity index (χ2v) is 14.8. The first kappa shape index (κ1) is 33.2. The van der Waals surface area contributed by atoms with Gasteiger partial charge >= 0.3 is 0 Å². The minimum atomic E-state index is -3.46. The molecule has 47 heavy (non-hydrogen) atoms. The number of hydrogen-bond acceptors (Lipinski definition) is 6. The van der Waals surface area contributed by atoms with Crippen molar-refractivity contribution in [1.82, 2.24) is 19.9 Å². The number of nitrogens with one attached hydrogen (secondary N) is 2. The van der Waals surface area contributed by atoms with Crippen LogP contribution in [0.5, 0.6) is 0 Å². The second kappa shape index (κ2) is 13.8. The molecule has 0 bridgehead atoms. The third-order valence-corrected chi connectivity index (χ3v) is 11.6. The molecule has 0 unspecified atom stereocenters. The van der Waals surface area contributed by atoms with E-state index in [1.807, 2.05) is 0 Å². The van der Waals surface area contributed by atoms with Crippen molar-refractivity contribution in [1.29, 1.82) is 0 Å². The maximum absolute atomic E-state index is 15.4. The number of rotatable bonds is 13. The smallest absolute Gasteiger partial charge is 0.223 e. The summed E-state index contributed by atoms with van der Waals surface area (Å²) in [7, 11) is -3.46. The summed E-state index contributed by atoms with van der Waals surface area (Å²) in [4.78, 5) is 31.3. The number of hydrogen-bond donors (Lipinski definition) is 2. The highest BCUT2D eigenvalue weighted by atomic mass is 32.2. The number of carbonyl (C=O) groups excluding carboxylic acids is 2. The predicted molar refractivity (Wildman–Crippen MR) is 166 cm³/mol. The Morgan fingerprint density at radius 2 is 1.64 bits per heavy atom. The fourth-order valence-electron chi connectivity index (χ4n) is 6.39.